The van der Waals surface area contributed by atoms with E-state index in [1.807, 2.05) is 30.3 Å². The van der Waals surface area contributed by atoms with Gasteiger partial charge in [0.25, 0.3) is 0 Å². The highest BCUT2D eigenvalue weighted by Crippen LogP contribution is 2.49. The molecule has 36 heavy (non-hydrogen) atoms. The normalized spacial score (nSPS) is 33.0. The van der Waals surface area contributed by atoms with E-state index in [-0.39, 0.29) is 36.2 Å². The molecule has 4 rings (SSSR count). The molecule has 198 valence electrons. The van der Waals surface area contributed by atoms with Crippen molar-refractivity contribution in [3.63, 3.8) is 0 Å². The van der Waals surface area contributed by atoms with Crippen LogP contribution in [0.25, 0.3) is 0 Å². The summed E-state index contributed by atoms with van der Waals surface area (Å²) >= 11 is 0. The number of rotatable bonds is 9. The van der Waals surface area contributed by atoms with Gasteiger partial charge in [-0.3, -0.25) is 14.5 Å². The van der Waals surface area contributed by atoms with Gasteiger partial charge in [0, 0.05) is 30.7 Å². The molecule has 3 fully saturated rings. The standard InChI is InChI=1S/C28H40N2O6/c1-5-30-27(33)20-12-11-19-21(13-22(31)25(32)23(19)24(20)28(30)34)29-36-14-17(4)26(16(2)3)35-15-18-9-7-6-8-10-18/h6-10,16-17,19-20,22-26,31-32H,5,11-15H2,1-4H3/b29-21-/t17-,19+,20+,22-,23+,24-,25-,26-/m1/s1. The van der Waals surface area contributed by atoms with E-state index in [1.54, 1.807) is 6.92 Å². The van der Waals surface area contributed by atoms with E-state index in [4.69, 9.17) is 9.57 Å². The summed E-state index contributed by atoms with van der Waals surface area (Å²) in [5.74, 6) is -1.77. The summed E-state index contributed by atoms with van der Waals surface area (Å²) in [5.41, 5.74) is 1.79. The van der Waals surface area contributed by atoms with Crippen LogP contribution >= 0.6 is 0 Å². The highest BCUT2D eigenvalue weighted by molar-refractivity contribution is 6.06. The van der Waals surface area contributed by atoms with Gasteiger partial charge in [-0.15, -0.1) is 0 Å². The summed E-state index contributed by atoms with van der Waals surface area (Å²) in [6.45, 7) is 9.31. The molecule has 0 radical (unpaired) electrons. The highest BCUT2D eigenvalue weighted by Gasteiger charge is 2.59. The lowest BCUT2D eigenvalue weighted by Gasteiger charge is -2.45. The molecule has 1 heterocycles. The number of nitrogens with zero attached hydrogens (tertiary/aromatic N) is 2. The number of carbonyl (C=O) groups excluding carboxylic acids is 2. The molecule has 8 heteroatoms. The molecule has 1 saturated heterocycles. The van der Waals surface area contributed by atoms with Crippen molar-refractivity contribution in [2.45, 2.75) is 71.9 Å². The van der Waals surface area contributed by atoms with Crippen molar-refractivity contribution in [2.75, 3.05) is 13.2 Å². The Morgan fingerprint density at radius 1 is 1.06 bits per heavy atom. The van der Waals surface area contributed by atoms with Gasteiger partial charge in [-0.1, -0.05) is 56.3 Å². The van der Waals surface area contributed by atoms with Crippen LogP contribution in [0.3, 0.4) is 0 Å². The predicted octanol–water partition coefficient (Wildman–Crippen LogP) is 3.01. The molecule has 2 N–H and O–H groups in total. The van der Waals surface area contributed by atoms with E-state index < -0.39 is 30.0 Å². The molecular weight excluding hydrogens is 460 g/mol. The number of benzene rings is 1. The van der Waals surface area contributed by atoms with Gasteiger partial charge in [-0.2, -0.15) is 0 Å². The molecule has 3 aliphatic rings. The largest absolute Gasteiger partial charge is 0.395 e. The molecule has 0 bridgehead atoms. The molecule has 0 aromatic heterocycles. The van der Waals surface area contributed by atoms with Gasteiger partial charge >= 0.3 is 0 Å². The van der Waals surface area contributed by atoms with Crippen LogP contribution in [-0.2, 0) is 25.8 Å². The lowest BCUT2D eigenvalue weighted by molar-refractivity contribution is -0.141. The van der Waals surface area contributed by atoms with Crippen LogP contribution in [0.15, 0.2) is 35.5 Å². The molecule has 2 amide bonds. The number of oxime groups is 1. The second kappa shape index (κ2) is 11.4. The molecule has 0 spiro atoms. The van der Waals surface area contributed by atoms with Gasteiger partial charge in [-0.05, 0) is 31.2 Å². The van der Waals surface area contributed by atoms with Crippen molar-refractivity contribution in [1.82, 2.24) is 4.90 Å². The maximum atomic E-state index is 13.0. The number of likely N-dealkylation sites (tertiary alicyclic amines) is 1. The fourth-order valence-electron chi connectivity index (χ4n) is 6.46. The third-order valence-corrected chi connectivity index (χ3v) is 8.21. The van der Waals surface area contributed by atoms with Crippen molar-refractivity contribution >= 4 is 17.5 Å². The van der Waals surface area contributed by atoms with Crippen molar-refractivity contribution in [3.05, 3.63) is 35.9 Å². The quantitative estimate of drug-likeness (QED) is 0.399. The fourth-order valence-corrected chi connectivity index (χ4v) is 6.46. The van der Waals surface area contributed by atoms with Crippen LogP contribution in [-0.4, -0.2) is 64.1 Å². The SMILES string of the molecule is CCN1C(=O)[C@H]2[C@H]3[C@H](O)[C@H](O)C/C(=N/OC[C@@H](C)[C@H](OCc4ccccc4)C(C)C)[C@@H]3CC[C@@H]2C1=O. The molecule has 8 nitrogen and oxygen atoms in total. The average Bonchev–Trinajstić information content (AvgIpc) is 3.11. The summed E-state index contributed by atoms with van der Waals surface area (Å²) in [7, 11) is 0. The van der Waals surface area contributed by atoms with Crippen LogP contribution in [0.5, 0.6) is 0 Å². The van der Waals surface area contributed by atoms with Crippen LogP contribution in [0.1, 0.15) is 52.5 Å². The van der Waals surface area contributed by atoms with Gasteiger partial charge in [0.1, 0.15) is 6.61 Å². The van der Waals surface area contributed by atoms with Crippen LogP contribution in [0.4, 0.5) is 0 Å². The number of ether oxygens (including phenoxy) is 1. The number of aliphatic hydroxyl groups is 2. The number of fused-ring (bicyclic) bond motifs is 3. The van der Waals surface area contributed by atoms with Crippen LogP contribution in [0, 0.1) is 35.5 Å². The Morgan fingerprint density at radius 2 is 1.75 bits per heavy atom. The van der Waals surface area contributed by atoms with E-state index in [0.717, 1.165) is 5.56 Å². The molecule has 8 atom stereocenters. The maximum Gasteiger partial charge on any atom is 0.233 e. The van der Waals surface area contributed by atoms with Gasteiger partial charge < -0.3 is 19.8 Å². The number of hydrogen-bond acceptors (Lipinski definition) is 7. The minimum Gasteiger partial charge on any atom is -0.395 e. The van der Waals surface area contributed by atoms with E-state index in [1.165, 1.54) is 4.90 Å². The monoisotopic (exact) mass is 500 g/mol. The smallest absolute Gasteiger partial charge is 0.233 e. The summed E-state index contributed by atoms with van der Waals surface area (Å²) in [4.78, 5) is 32.9. The number of carbonyl (C=O) groups is 2. The molecular formula is C28H40N2O6. The predicted molar refractivity (Wildman–Crippen MR) is 135 cm³/mol. The van der Waals surface area contributed by atoms with Crippen molar-refractivity contribution in [3.8, 4) is 0 Å². The Bertz CT molecular complexity index is 951. The molecule has 0 unspecified atom stereocenters. The molecule has 2 saturated carbocycles. The Balaban J connectivity index is 1.42. The first-order valence-electron chi connectivity index (χ1n) is 13.3. The topological polar surface area (TPSA) is 109 Å². The van der Waals surface area contributed by atoms with Gasteiger partial charge in [0.2, 0.25) is 11.8 Å². The fraction of sp³-hybridized carbons (Fsp3) is 0.679. The minimum atomic E-state index is -1.06. The van der Waals surface area contributed by atoms with Crippen molar-refractivity contribution in [1.29, 1.82) is 0 Å². The second-order valence-electron chi connectivity index (χ2n) is 10.9. The minimum absolute atomic E-state index is 0.0190. The maximum absolute atomic E-state index is 13.0. The zero-order valence-electron chi connectivity index (χ0n) is 21.7. The Morgan fingerprint density at radius 3 is 2.42 bits per heavy atom. The molecule has 1 aromatic carbocycles. The Labute approximate surface area is 213 Å². The van der Waals surface area contributed by atoms with Crippen molar-refractivity contribution < 1.29 is 29.4 Å². The van der Waals surface area contributed by atoms with Gasteiger partial charge in [0.15, 0.2) is 0 Å². The van der Waals surface area contributed by atoms with E-state index >= 15 is 0 Å². The Hall–Kier alpha value is -2.29. The van der Waals surface area contributed by atoms with Gasteiger partial charge in [-0.25, -0.2) is 0 Å². The van der Waals surface area contributed by atoms with E-state index in [0.29, 0.717) is 44.2 Å². The lowest BCUT2D eigenvalue weighted by atomic mass is 9.60. The first-order chi connectivity index (χ1) is 17.2. The zero-order chi connectivity index (χ0) is 26.0. The van der Waals surface area contributed by atoms with Crippen molar-refractivity contribution in [2.24, 2.45) is 40.7 Å². The van der Waals surface area contributed by atoms with Gasteiger partial charge in [0.05, 0.1) is 42.5 Å². The van der Waals surface area contributed by atoms with E-state index in [9.17, 15) is 19.8 Å². The molecule has 1 aliphatic heterocycles. The third-order valence-electron chi connectivity index (χ3n) is 8.21. The summed E-state index contributed by atoms with van der Waals surface area (Å²) in [6, 6.07) is 10.1. The van der Waals surface area contributed by atoms with E-state index in [2.05, 4.69) is 25.9 Å². The molecule has 1 aromatic rings. The average molecular weight is 501 g/mol. The number of imide groups is 1. The molecule has 2 aliphatic carbocycles. The number of aliphatic hydroxyl groups excluding tert-OH is 2. The van der Waals surface area contributed by atoms with Crippen LogP contribution in [0.2, 0.25) is 0 Å². The first-order valence-corrected chi connectivity index (χ1v) is 13.3. The van der Waals surface area contributed by atoms with Crippen LogP contribution < -0.4 is 0 Å². The number of amides is 2. The lowest BCUT2D eigenvalue weighted by Crippen LogP contribution is -2.54. The zero-order valence-corrected chi connectivity index (χ0v) is 21.7. The summed E-state index contributed by atoms with van der Waals surface area (Å²) in [6.07, 6.45) is -0.709. The number of hydrogen-bond donors (Lipinski definition) is 2. The highest BCUT2D eigenvalue weighted by atomic mass is 16.6. The summed E-state index contributed by atoms with van der Waals surface area (Å²) in [5, 5.41) is 25.9. The first kappa shape index (κ1) is 26.8. The Kier molecular flexibility index (Phi) is 8.48. The summed E-state index contributed by atoms with van der Waals surface area (Å²) < 4.78 is 6.23. The third kappa shape index (κ3) is 5.22. The second-order valence-corrected chi connectivity index (χ2v) is 10.9.